The first-order valence-electron chi connectivity index (χ1n) is 7.16. The quantitative estimate of drug-likeness (QED) is 0.745. The molecule has 1 saturated heterocycles. The first kappa shape index (κ1) is 15.4. The zero-order valence-corrected chi connectivity index (χ0v) is 13.6. The molecule has 0 aromatic heterocycles. The number of alkyl halides is 3. The van der Waals surface area contributed by atoms with E-state index in [0.29, 0.717) is 25.5 Å². The van der Waals surface area contributed by atoms with Gasteiger partial charge in [0.2, 0.25) is 0 Å². The molecule has 0 bridgehead atoms. The maximum absolute atomic E-state index is 12.8. The average Bonchev–Trinajstić information content (AvgIpc) is 2.96. The summed E-state index contributed by atoms with van der Waals surface area (Å²) in [6.45, 7) is 1.68. The molecule has 1 heterocycles. The zero-order valence-electron chi connectivity index (χ0n) is 11.9. The summed E-state index contributed by atoms with van der Waals surface area (Å²) in [5.74, 6) is 0. The third kappa shape index (κ3) is 3.65. The van der Waals surface area contributed by atoms with Crippen molar-refractivity contribution in [3.63, 3.8) is 0 Å². The van der Waals surface area contributed by atoms with E-state index in [1.807, 2.05) is 18.2 Å². The second kappa shape index (κ2) is 6.35. The standard InChI is InChI=1S/C17H16F3NSe/c18-17(19,20)13-5-4-6-14(11-13)21-10-9-16(12-21)22-15-7-2-1-3-8-15/h1-8,11,16H,9-10,12H2. The van der Waals surface area contributed by atoms with Gasteiger partial charge in [0.15, 0.2) is 0 Å². The Kier molecular flexibility index (Phi) is 4.46. The van der Waals surface area contributed by atoms with Gasteiger partial charge in [-0.1, -0.05) is 0 Å². The molecule has 1 atom stereocenters. The second-order valence-electron chi connectivity index (χ2n) is 5.34. The van der Waals surface area contributed by atoms with E-state index in [-0.39, 0.29) is 0 Å². The number of hydrogen-bond donors (Lipinski definition) is 0. The third-order valence-electron chi connectivity index (χ3n) is 3.73. The van der Waals surface area contributed by atoms with Crippen molar-refractivity contribution in [3.8, 4) is 0 Å². The summed E-state index contributed by atoms with van der Waals surface area (Å²) >= 11 is 0.373. The van der Waals surface area contributed by atoms with Gasteiger partial charge in [-0.3, -0.25) is 0 Å². The number of halogens is 3. The Morgan fingerprint density at radius 1 is 1.00 bits per heavy atom. The van der Waals surface area contributed by atoms with E-state index in [4.69, 9.17) is 0 Å². The minimum atomic E-state index is -4.27. The number of hydrogen-bond acceptors (Lipinski definition) is 1. The van der Waals surface area contributed by atoms with E-state index in [1.54, 1.807) is 6.07 Å². The minimum absolute atomic E-state index is 0.373. The predicted octanol–water partition coefficient (Wildman–Crippen LogP) is 3.73. The number of rotatable bonds is 3. The van der Waals surface area contributed by atoms with E-state index in [0.717, 1.165) is 25.6 Å². The molecule has 1 unspecified atom stereocenters. The molecular formula is C17H16F3NSe. The number of benzene rings is 2. The van der Waals surface area contributed by atoms with Crippen LogP contribution in [0, 0.1) is 0 Å². The van der Waals surface area contributed by atoms with Crippen molar-refractivity contribution >= 4 is 25.1 Å². The Hall–Kier alpha value is -1.45. The normalized spacial score (nSPS) is 18.7. The molecule has 0 saturated carbocycles. The van der Waals surface area contributed by atoms with Crippen molar-refractivity contribution < 1.29 is 13.2 Å². The van der Waals surface area contributed by atoms with Gasteiger partial charge in [0.05, 0.1) is 0 Å². The molecule has 1 fully saturated rings. The van der Waals surface area contributed by atoms with Crippen LogP contribution in [0.1, 0.15) is 12.0 Å². The van der Waals surface area contributed by atoms with Crippen LogP contribution in [0.2, 0.25) is 4.82 Å². The van der Waals surface area contributed by atoms with Crippen LogP contribution in [0.25, 0.3) is 0 Å². The molecule has 5 heteroatoms. The Morgan fingerprint density at radius 2 is 1.77 bits per heavy atom. The van der Waals surface area contributed by atoms with E-state index in [9.17, 15) is 13.2 Å². The summed E-state index contributed by atoms with van der Waals surface area (Å²) in [6, 6.07) is 16.0. The van der Waals surface area contributed by atoms with Gasteiger partial charge in [-0.15, -0.1) is 0 Å². The van der Waals surface area contributed by atoms with Crippen LogP contribution in [-0.2, 0) is 6.18 Å². The van der Waals surface area contributed by atoms with Crippen LogP contribution >= 0.6 is 0 Å². The van der Waals surface area contributed by atoms with Crippen molar-refractivity contribution in [1.82, 2.24) is 0 Å². The fraction of sp³-hybridized carbons (Fsp3) is 0.294. The molecule has 116 valence electrons. The van der Waals surface area contributed by atoms with Gasteiger partial charge in [-0.2, -0.15) is 0 Å². The van der Waals surface area contributed by atoms with E-state index < -0.39 is 11.7 Å². The summed E-state index contributed by atoms with van der Waals surface area (Å²) in [5.41, 5.74) is 0.114. The third-order valence-corrected chi connectivity index (χ3v) is 6.38. The van der Waals surface area contributed by atoms with Gasteiger partial charge < -0.3 is 0 Å². The maximum atomic E-state index is 12.8. The summed E-state index contributed by atoms with van der Waals surface area (Å²) in [7, 11) is 0. The van der Waals surface area contributed by atoms with Crippen molar-refractivity contribution in [2.75, 3.05) is 18.0 Å². The Bertz CT molecular complexity index is 627. The van der Waals surface area contributed by atoms with Gasteiger partial charge >= 0.3 is 134 Å². The Morgan fingerprint density at radius 3 is 2.50 bits per heavy atom. The van der Waals surface area contributed by atoms with Crippen molar-refractivity contribution in [3.05, 3.63) is 60.2 Å². The van der Waals surface area contributed by atoms with E-state index in [1.165, 1.54) is 16.6 Å². The van der Waals surface area contributed by atoms with E-state index in [2.05, 4.69) is 17.0 Å². The molecule has 1 aliphatic rings. The number of anilines is 1. The summed E-state index contributed by atoms with van der Waals surface area (Å²) in [5, 5.41) is 0. The van der Waals surface area contributed by atoms with Gasteiger partial charge in [0.25, 0.3) is 0 Å². The molecule has 0 amide bonds. The topological polar surface area (TPSA) is 3.24 Å². The van der Waals surface area contributed by atoms with Crippen LogP contribution in [0.15, 0.2) is 54.6 Å². The SMILES string of the molecule is FC(F)(F)c1cccc(N2CCC([Se]c3ccccc3)C2)c1. The molecule has 2 aromatic carbocycles. The second-order valence-corrected chi connectivity index (χ2v) is 8.22. The van der Waals surface area contributed by atoms with Crippen LogP contribution < -0.4 is 9.36 Å². The van der Waals surface area contributed by atoms with Gasteiger partial charge in [0, 0.05) is 0 Å². The zero-order chi connectivity index (χ0) is 15.6. The van der Waals surface area contributed by atoms with Crippen LogP contribution in [0.5, 0.6) is 0 Å². The Labute approximate surface area is 134 Å². The summed E-state index contributed by atoms with van der Waals surface area (Å²) in [4.78, 5) is 2.63. The monoisotopic (exact) mass is 371 g/mol. The molecule has 3 rings (SSSR count). The molecule has 0 spiro atoms. The van der Waals surface area contributed by atoms with Crippen LogP contribution in [0.4, 0.5) is 18.9 Å². The van der Waals surface area contributed by atoms with Crippen LogP contribution in [0.3, 0.4) is 0 Å². The molecule has 0 N–H and O–H groups in total. The van der Waals surface area contributed by atoms with E-state index >= 15 is 0 Å². The van der Waals surface area contributed by atoms with Gasteiger partial charge in [-0.25, -0.2) is 0 Å². The first-order valence-corrected chi connectivity index (χ1v) is 9.01. The fourth-order valence-electron chi connectivity index (χ4n) is 2.63. The molecule has 0 radical (unpaired) electrons. The average molecular weight is 370 g/mol. The van der Waals surface area contributed by atoms with Gasteiger partial charge in [0.1, 0.15) is 0 Å². The first-order chi connectivity index (χ1) is 10.5. The fourth-order valence-corrected chi connectivity index (χ4v) is 5.10. The van der Waals surface area contributed by atoms with Crippen molar-refractivity contribution in [1.29, 1.82) is 0 Å². The van der Waals surface area contributed by atoms with Crippen molar-refractivity contribution in [2.24, 2.45) is 0 Å². The molecule has 2 aromatic rings. The summed E-state index contributed by atoms with van der Waals surface area (Å²) in [6.07, 6.45) is -3.23. The molecule has 22 heavy (non-hydrogen) atoms. The van der Waals surface area contributed by atoms with Crippen molar-refractivity contribution in [2.45, 2.75) is 17.4 Å². The predicted molar refractivity (Wildman–Crippen MR) is 83.9 cm³/mol. The molecular weight excluding hydrogens is 354 g/mol. The molecule has 1 aliphatic heterocycles. The molecule has 0 aliphatic carbocycles. The van der Waals surface area contributed by atoms with Crippen LogP contribution in [-0.4, -0.2) is 28.0 Å². The summed E-state index contributed by atoms with van der Waals surface area (Å²) < 4.78 is 39.8. The number of nitrogens with zero attached hydrogens (tertiary/aromatic N) is 1. The van der Waals surface area contributed by atoms with Gasteiger partial charge in [-0.05, 0) is 0 Å². The molecule has 1 nitrogen and oxygen atoms in total. The Balaban J connectivity index is 1.68.